The van der Waals surface area contributed by atoms with Gasteiger partial charge >= 0.3 is 0 Å². The molecule has 0 unspecified atom stereocenters. The molecule has 0 fully saturated rings. The summed E-state index contributed by atoms with van der Waals surface area (Å²) >= 11 is 0. The van der Waals surface area contributed by atoms with Crippen LogP contribution >= 0.6 is 0 Å². The predicted molar refractivity (Wildman–Crippen MR) is 119 cm³/mol. The molecule has 1 heterocycles. The number of aliphatic imine (C=N–C) groups is 1. The van der Waals surface area contributed by atoms with Crippen LogP contribution in [0.4, 0.5) is 0 Å². The van der Waals surface area contributed by atoms with Crippen LogP contribution in [0.5, 0.6) is 0 Å². The molecule has 2 N–H and O–H groups in total. The number of sulfonamides is 1. The van der Waals surface area contributed by atoms with Crippen LogP contribution in [0.3, 0.4) is 0 Å². The van der Waals surface area contributed by atoms with Crippen LogP contribution in [0, 0.1) is 0 Å². The summed E-state index contributed by atoms with van der Waals surface area (Å²) in [6.07, 6.45) is 1.75. The number of benzene rings is 1. The summed E-state index contributed by atoms with van der Waals surface area (Å²) in [5.41, 5.74) is 0.852. The Kier molecular flexibility index (Phi) is 7.65. The number of rotatable bonds is 7. The first-order chi connectivity index (χ1) is 13.9. The minimum Gasteiger partial charge on any atom is -0.443 e. The van der Waals surface area contributed by atoms with Crippen molar-refractivity contribution in [3.8, 4) is 0 Å². The second-order valence-corrected chi connectivity index (χ2v) is 10.4. The molecule has 2 aromatic rings. The van der Waals surface area contributed by atoms with Crippen molar-refractivity contribution >= 4 is 16.0 Å². The third kappa shape index (κ3) is 6.06. The molecule has 1 aromatic carbocycles. The summed E-state index contributed by atoms with van der Waals surface area (Å²) in [6, 6.07) is 6.74. The SMILES string of the molecule is CN=C(NCc1ccc(S(=O)(=O)N(C)C(C)C)cc1)NCc1ncc(C(C)(C)C)o1. The molecule has 0 amide bonds. The Morgan fingerprint density at radius 1 is 1.17 bits per heavy atom. The highest BCUT2D eigenvalue weighted by Crippen LogP contribution is 2.22. The largest absolute Gasteiger partial charge is 0.443 e. The van der Waals surface area contributed by atoms with E-state index < -0.39 is 10.0 Å². The van der Waals surface area contributed by atoms with Gasteiger partial charge < -0.3 is 15.1 Å². The van der Waals surface area contributed by atoms with Crippen molar-refractivity contribution in [1.29, 1.82) is 0 Å². The van der Waals surface area contributed by atoms with Gasteiger partial charge in [-0.2, -0.15) is 4.31 Å². The van der Waals surface area contributed by atoms with Gasteiger partial charge in [-0.1, -0.05) is 32.9 Å². The van der Waals surface area contributed by atoms with Gasteiger partial charge in [0.25, 0.3) is 0 Å². The summed E-state index contributed by atoms with van der Waals surface area (Å²) in [7, 11) is -0.209. The van der Waals surface area contributed by atoms with Crippen LogP contribution in [0.15, 0.2) is 44.8 Å². The Labute approximate surface area is 179 Å². The smallest absolute Gasteiger partial charge is 0.243 e. The fourth-order valence-electron chi connectivity index (χ4n) is 2.53. The zero-order chi connectivity index (χ0) is 22.5. The molecule has 1 aromatic heterocycles. The highest BCUT2D eigenvalue weighted by molar-refractivity contribution is 7.89. The van der Waals surface area contributed by atoms with Gasteiger partial charge in [0.2, 0.25) is 15.9 Å². The van der Waals surface area contributed by atoms with Gasteiger partial charge in [-0.3, -0.25) is 4.99 Å². The van der Waals surface area contributed by atoms with Crippen molar-refractivity contribution in [2.45, 2.75) is 64.1 Å². The van der Waals surface area contributed by atoms with Gasteiger partial charge in [-0.25, -0.2) is 13.4 Å². The molecule has 0 aliphatic heterocycles. The highest BCUT2D eigenvalue weighted by atomic mass is 32.2. The van der Waals surface area contributed by atoms with Gasteiger partial charge in [0.15, 0.2) is 5.96 Å². The normalized spacial score (nSPS) is 13.2. The van der Waals surface area contributed by atoms with Gasteiger partial charge in [0, 0.05) is 32.1 Å². The molecule has 8 nitrogen and oxygen atoms in total. The Morgan fingerprint density at radius 2 is 1.77 bits per heavy atom. The molecule has 0 atom stereocenters. The zero-order valence-corrected chi connectivity index (χ0v) is 19.7. The van der Waals surface area contributed by atoms with E-state index in [0.29, 0.717) is 24.9 Å². The Hall–Kier alpha value is -2.39. The van der Waals surface area contributed by atoms with Crippen molar-refractivity contribution < 1.29 is 12.8 Å². The molecule has 0 radical (unpaired) electrons. The second kappa shape index (κ2) is 9.61. The van der Waals surface area contributed by atoms with E-state index in [4.69, 9.17) is 4.42 Å². The van der Waals surface area contributed by atoms with Crippen LogP contribution in [0.25, 0.3) is 0 Å². The Bertz CT molecular complexity index is 957. The standard InChI is InChI=1S/C21H33N5O3S/c1-15(2)26(7)30(27,28)17-10-8-16(9-11-17)12-24-20(22-6)25-14-19-23-13-18(29-19)21(3,4)5/h8-11,13,15H,12,14H2,1-7H3,(H2,22,24,25). The summed E-state index contributed by atoms with van der Waals surface area (Å²) < 4.78 is 32.2. The molecule has 0 spiro atoms. The number of oxazole rings is 1. The number of aromatic nitrogens is 1. The maximum Gasteiger partial charge on any atom is 0.243 e. The third-order valence-corrected chi connectivity index (χ3v) is 6.76. The number of hydrogen-bond donors (Lipinski definition) is 2. The summed E-state index contributed by atoms with van der Waals surface area (Å²) in [5, 5.41) is 6.37. The van der Waals surface area contributed by atoms with E-state index in [1.165, 1.54) is 4.31 Å². The van der Waals surface area contributed by atoms with E-state index >= 15 is 0 Å². The van der Waals surface area contributed by atoms with Crippen molar-refractivity contribution in [1.82, 2.24) is 19.9 Å². The average Bonchev–Trinajstić information content (AvgIpc) is 3.17. The first-order valence-corrected chi connectivity index (χ1v) is 11.4. The average molecular weight is 436 g/mol. The maximum atomic E-state index is 12.5. The monoisotopic (exact) mass is 435 g/mol. The molecule has 30 heavy (non-hydrogen) atoms. The van der Waals surface area contributed by atoms with Gasteiger partial charge in [0.05, 0.1) is 17.6 Å². The summed E-state index contributed by atoms with van der Waals surface area (Å²) in [4.78, 5) is 8.77. The predicted octanol–water partition coefficient (Wildman–Crippen LogP) is 2.87. The lowest BCUT2D eigenvalue weighted by Crippen LogP contribution is -2.36. The summed E-state index contributed by atoms with van der Waals surface area (Å²) in [6.45, 7) is 10.8. The van der Waals surface area contributed by atoms with Gasteiger partial charge in [-0.05, 0) is 31.5 Å². The van der Waals surface area contributed by atoms with E-state index in [1.54, 1.807) is 44.6 Å². The molecular weight excluding hydrogens is 402 g/mol. The van der Waals surface area contributed by atoms with E-state index in [-0.39, 0.29) is 16.4 Å². The van der Waals surface area contributed by atoms with Crippen LogP contribution in [-0.2, 0) is 28.5 Å². The fourth-order valence-corrected chi connectivity index (χ4v) is 3.90. The van der Waals surface area contributed by atoms with Crippen LogP contribution in [0.1, 0.15) is 51.8 Å². The molecular formula is C21H33N5O3S. The van der Waals surface area contributed by atoms with Gasteiger partial charge in [-0.15, -0.1) is 0 Å². The molecule has 0 bridgehead atoms. The van der Waals surface area contributed by atoms with Crippen molar-refractivity contribution in [2.24, 2.45) is 4.99 Å². The Balaban J connectivity index is 1.93. The topological polar surface area (TPSA) is 99.8 Å². The molecule has 0 saturated carbocycles. The first kappa shape index (κ1) is 23.9. The molecule has 0 aliphatic carbocycles. The minimum absolute atomic E-state index is 0.0885. The number of nitrogens with zero attached hydrogens (tertiary/aromatic N) is 3. The quantitative estimate of drug-likeness (QED) is 0.512. The van der Waals surface area contributed by atoms with Crippen LogP contribution in [0.2, 0.25) is 0 Å². The third-order valence-electron chi connectivity index (χ3n) is 4.71. The highest BCUT2D eigenvalue weighted by Gasteiger charge is 2.23. The molecule has 2 rings (SSSR count). The number of guanidine groups is 1. The summed E-state index contributed by atoms with van der Waals surface area (Å²) in [5.74, 6) is 2.02. The van der Waals surface area contributed by atoms with Crippen LogP contribution < -0.4 is 10.6 Å². The number of nitrogens with one attached hydrogen (secondary N) is 2. The molecule has 0 aliphatic rings. The first-order valence-electron chi connectivity index (χ1n) is 9.92. The number of hydrogen-bond acceptors (Lipinski definition) is 5. The lowest BCUT2D eigenvalue weighted by atomic mass is 9.94. The lowest BCUT2D eigenvalue weighted by Gasteiger charge is -2.21. The van der Waals surface area contributed by atoms with Crippen molar-refractivity contribution in [3.05, 3.63) is 47.7 Å². The fraction of sp³-hybridized carbons (Fsp3) is 0.524. The zero-order valence-electron chi connectivity index (χ0n) is 18.9. The van der Waals surface area contributed by atoms with E-state index in [9.17, 15) is 8.42 Å². The maximum absolute atomic E-state index is 12.5. The van der Waals surface area contributed by atoms with Crippen molar-refractivity contribution in [3.63, 3.8) is 0 Å². The Morgan fingerprint density at radius 3 is 2.27 bits per heavy atom. The van der Waals surface area contributed by atoms with E-state index in [2.05, 4.69) is 41.4 Å². The minimum atomic E-state index is -3.48. The second-order valence-electron chi connectivity index (χ2n) is 8.41. The molecule has 166 valence electrons. The van der Waals surface area contributed by atoms with E-state index in [1.807, 2.05) is 13.8 Å². The van der Waals surface area contributed by atoms with E-state index in [0.717, 1.165) is 11.3 Å². The van der Waals surface area contributed by atoms with Crippen LogP contribution in [-0.4, -0.2) is 43.8 Å². The molecule has 9 heteroatoms. The van der Waals surface area contributed by atoms with Gasteiger partial charge in [0.1, 0.15) is 5.76 Å². The van der Waals surface area contributed by atoms with Crippen molar-refractivity contribution in [2.75, 3.05) is 14.1 Å². The lowest BCUT2D eigenvalue weighted by molar-refractivity contribution is 0.379. The molecule has 0 saturated heterocycles.